The van der Waals surface area contributed by atoms with Gasteiger partial charge < -0.3 is 14.9 Å². The maximum atomic E-state index is 4.43. The van der Waals surface area contributed by atoms with Crippen LogP contribution >= 0.6 is 0 Å². The molecule has 2 heterocycles. The largest absolute Gasteiger partial charge is 0.348 e. The number of aliphatic imine (C=N–C) groups is 2. The van der Waals surface area contributed by atoms with E-state index in [-0.39, 0.29) is 0 Å². The Morgan fingerprint density at radius 3 is 1.75 bits per heavy atom. The van der Waals surface area contributed by atoms with Crippen molar-refractivity contribution in [3.63, 3.8) is 0 Å². The van der Waals surface area contributed by atoms with Crippen LogP contribution in [0, 0.1) is 13.8 Å². The van der Waals surface area contributed by atoms with Gasteiger partial charge in [-0.05, 0) is 46.8 Å². The van der Waals surface area contributed by atoms with Crippen molar-refractivity contribution in [1.82, 2.24) is 24.8 Å². The summed E-state index contributed by atoms with van der Waals surface area (Å²) in [6.07, 6.45) is 9.17. The molecule has 24 heavy (non-hydrogen) atoms. The first-order chi connectivity index (χ1) is 11.7. The zero-order valence-electron chi connectivity index (χ0n) is 14.8. The quantitative estimate of drug-likeness (QED) is 0.516. The summed E-state index contributed by atoms with van der Waals surface area (Å²) in [6, 6.07) is 0. The van der Waals surface area contributed by atoms with Gasteiger partial charge in [-0.3, -0.25) is 9.98 Å². The van der Waals surface area contributed by atoms with Gasteiger partial charge in [-0.25, -0.2) is 9.97 Å². The second-order valence-corrected chi connectivity index (χ2v) is 5.91. The highest BCUT2D eigenvalue weighted by Crippen LogP contribution is 1.98. The number of aryl methyl sites for hydroxylation is 2. The molecule has 2 aromatic heterocycles. The number of H-pyrrole nitrogens is 2. The molecule has 0 unspecified atom stereocenters. The smallest absolute Gasteiger partial charge is 0.101 e. The van der Waals surface area contributed by atoms with Crippen LogP contribution < -0.4 is 0 Å². The van der Waals surface area contributed by atoms with Crippen LogP contribution in [0.2, 0.25) is 0 Å². The fourth-order valence-electron chi connectivity index (χ4n) is 2.28. The van der Waals surface area contributed by atoms with Crippen LogP contribution in [0.1, 0.15) is 35.6 Å². The minimum atomic E-state index is 0.827. The van der Waals surface area contributed by atoms with Crippen LogP contribution in [-0.4, -0.2) is 70.5 Å². The molecule has 0 bridgehead atoms. The van der Waals surface area contributed by atoms with Gasteiger partial charge in [-0.1, -0.05) is 0 Å². The van der Waals surface area contributed by atoms with Gasteiger partial charge in [-0.15, -0.1) is 0 Å². The van der Waals surface area contributed by atoms with Crippen LogP contribution in [0.25, 0.3) is 0 Å². The summed E-state index contributed by atoms with van der Waals surface area (Å²) in [4.78, 5) is 25.7. The van der Waals surface area contributed by atoms with E-state index in [2.05, 4.69) is 41.9 Å². The average molecular weight is 329 g/mol. The first kappa shape index (κ1) is 18.1. The van der Waals surface area contributed by atoms with E-state index in [1.165, 1.54) is 0 Å². The Morgan fingerprint density at radius 2 is 1.38 bits per heavy atom. The van der Waals surface area contributed by atoms with Crippen molar-refractivity contribution in [3.8, 4) is 0 Å². The molecule has 0 saturated carbocycles. The number of rotatable bonds is 10. The lowest BCUT2D eigenvalue weighted by atomic mass is 10.3. The van der Waals surface area contributed by atoms with Crippen molar-refractivity contribution >= 4 is 12.4 Å². The second-order valence-electron chi connectivity index (χ2n) is 5.91. The molecule has 0 aliphatic carbocycles. The first-order valence-corrected chi connectivity index (χ1v) is 8.35. The molecule has 2 rings (SSSR count). The summed E-state index contributed by atoms with van der Waals surface area (Å²) in [6.45, 7) is 7.73. The van der Waals surface area contributed by atoms with Gasteiger partial charge in [0.25, 0.3) is 0 Å². The van der Waals surface area contributed by atoms with Gasteiger partial charge >= 0.3 is 0 Å². The number of aromatic nitrogens is 4. The Hall–Kier alpha value is -2.28. The average Bonchev–Trinajstić information content (AvgIpc) is 3.15. The minimum Gasteiger partial charge on any atom is -0.348 e. The van der Waals surface area contributed by atoms with E-state index >= 15 is 0 Å². The lowest BCUT2D eigenvalue weighted by molar-refractivity contribution is 0.329. The van der Waals surface area contributed by atoms with Crippen LogP contribution in [0.4, 0.5) is 0 Å². The molecule has 0 aliphatic heterocycles. The van der Waals surface area contributed by atoms with Gasteiger partial charge in [0.05, 0.1) is 12.7 Å². The molecular weight excluding hydrogens is 302 g/mol. The Bertz CT molecular complexity index is 597. The SMILES string of the molecule is Cc1[nH]cnc1C=NCCCN(C)CCCN=Cc1nc[nH]c1C. The molecule has 0 amide bonds. The molecule has 0 aromatic carbocycles. The third-order valence-electron chi connectivity index (χ3n) is 3.82. The predicted molar refractivity (Wildman–Crippen MR) is 98.3 cm³/mol. The number of nitrogens with one attached hydrogen (secondary N) is 2. The number of aromatic amines is 2. The van der Waals surface area contributed by atoms with Crippen LogP contribution in [0.3, 0.4) is 0 Å². The third kappa shape index (κ3) is 6.08. The topological polar surface area (TPSA) is 85.3 Å². The second kappa shape index (κ2) is 9.77. The minimum absolute atomic E-state index is 0.827. The lowest BCUT2D eigenvalue weighted by Crippen LogP contribution is -2.22. The monoisotopic (exact) mass is 329 g/mol. The highest BCUT2D eigenvalue weighted by atomic mass is 15.1. The van der Waals surface area contributed by atoms with Gasteiger partial charge in [0.15, 0.2) is 0 Å². The fourth-order valence-corrected chi connectivity index (χ4v) is 2.28. The van der Waals surface area contributed by atoms with E-state index in [9.17, 15) is 0 Å². The third-order valence-corrected chi connectivity index (χ3v) is 3.82. The summed E-state index contributed by atoms with van der Waals surface area (Å²) >= 11 is 0. The van der Waals surface area contributed by atoms with Crippen molar-refractivity contribution in [3.05, 3.63) is 35.4 Å². The van der Waals surface area contributed by atoms with Crippen molar-refractivity contribution in [2.24, 2.45) is 9.98 Å². The lowest BCUT2D eigenvalue weighted by Gasteiger charge is -2.14. The molecule has 2 N–H and O–H groups in total. The fraction of sp³-hybridized carbons (Fsp3) is 0.529. The number of hydrogen-bond donors (Lipinski definition) is 2. The van der Waals surface area contributed by atoms with Crippen molar-refractivity contribution in [1.29, 1.82) is 0 Å². The van der Waals surface area contributed by atoms with Crippen molar-refractivity contribution < 1.29 is 0 Å². The zero-order chi connectivity index (χ0) is 17.2. The molecule has 2 aromatic rings. The summed E-state index contributed by atoms with van der Waals surface area (Å²) in [5.41, 5.74) is 3.96. The Morgan fingerprint density at radius 1 is 0.917 bits per heavy atom. The van der Waals surface area contributed by atoms with Gasteiger partial charge in [0, 0.05) is 36.9 Å². The molecule has 0 atom stereocenters. The number of nitrogens with zero attached hydrogens (tertiary/aromatic N) is 5. The molecule has 7 heteroatoms. The summed E-state index contributed by atoms with van der Waals surface area (Å²) < 4.78 is 0. The van der Waals surface area contributed by atoms with E-state index in [1.807, 2.05) is 26.3 Å². The number of imidazole rings is 2. The molecule has 0 saturated heterocycles. The maximum Gasteiger partial charge on any atom is 0.101 e. The zero-order valence-corrected chi connectivity index (χ0v) is 14.8. The molecule has 7 nitrogen and oxygen atoms in total. The molecule has 0 spiro atoms. The summed E-state index contributed by atoms with van der Waals surface area (Å²) in [5, 5.41) is 0. The van der Waals surface area contributed by atoms with E-state index in [0.717, 1.165) is 61.8 Å². The highest BCUT2D eigenvalue weighted by Gasteiger charge is 1.99. The molecular formula is C17H27N7. The van der Waals surface area contributed by atoms with E-state index in [1.54, 1.807) is 12.7 Å². The Balaban J connectivity index is 1.53. The van der Waals surface area contributed by atoms with Crippen molar-refractivity contribution in [2.75, 3.05) is 33.2 Å². The van der Waals surface area contributed by atoms with Gasteiger partial charge in [0.2, 0.25) is 0 Å². The van der Waals surface area contributed by atoms with Crippen LogP contribution in [-0.2, 0) is 0 Å². The maximum absolute atomic E-state index is 4.43. The molecule has 0 fully saturated rings. The normalized spacial score (nSPS) is 12.2. The summed E-state index contributed by atoms with van der Waals surface area (Å²) in [5.74, 6) is 0. The van der Waals surface area contributed by atoms with Crippen LogP contribution in [0.5, 0.6) is 0 Å². The van der Waals surface area contributed by atoms with E-state index in [4.69, 9.17) is 0 Å². The first-order valence-electron chi connectivity index (χ1n) is 8.35. The van der Waals surface area contributed by atoms with E-state index in [0.29, 0.717) is 0 Å². The van der Waals surface area contributed by atoms with Crippen molar-refractivity contribution in [2.45, 2.75) is 26.7 Å². The summed E-state index contributed by atoms with van der Waals surface area (Å²) in [7, 11) is 2.14. The number of hydrogen-bond acceptors (Lipinski definition) is 5. The Labute approximate surface area is 143 Å². The molecule has 0 aliphatic rings. The molecule has 0 radical (unpaired) electrons. The highest BCUT2D eigenvalue weighted by molar-refractivity contribution is 5.78. The van der Waals surface area contributed by atoms with Gasteiger partial charge in [0.1, 0.15) is 11.4 Å². The standard InChI is InChI=1S/C17H27N7/c1-14-16(22-12-20-14)10-18-6-4-8-24(3)9-5-7-19-11-17-15(2)21-13-23-17/h10-13H,4-9H2,1-3H3,(H,20,22)(H,21,23). The van der Waals surface area contributed by atoms with E-state index < -0.39 is 0 Å². The Kier molecular flexibility index (Phi) is 7.35. The molecule has 130 valence electrons. The predicted octanol–water partition coefficient (Wildman–Crippen LogP) is 2.00. The van der Waals surface area contributed by atoms with Crippen LogP contribution in [0.15, 0.2) is 22.6 Å². The van der Waals surface area contributed by atoms with Gasteiger partial charge in [-0.2, -0.15) is 0 Å².